The summed E-state index contributed by atoms with van der Waals surface area (Å²) in [5.41, 5.74) is -0.345. The average molecular weight is 531 g/mol. The summed E-state index contributed by atoms with van der Waals surface area (Å²) in [6.45, 7) is 13.7. The van der Waals surface area contributed by atoms with E-state index in [1.54, 1.807) is 0 Å². The summed E-state index contributed by atoms with van der Waals surface area (Å²) in [7, 11) is 0. The van der Waals surface area contributed by atoms with Gasteiger partial charge in [0.1, 0.15) is 11.2 Å². The van der Waals surface area contributed by atoms with Crippen molar-refractivity contribution in [2.75, 3.05) is 0 Å². The van der Waals surface area contributed by atoms with Crippen molar-refractivity contribution in [3.05, 3.63) is 59.7 Å². The zero-order valence-electron chi connectivity index (χ0n) is 24.9. The number of hydrogen-bond donors (Lipinski definition) is 2. The fraction of sp³-hybridized carbons (Fsp3) is 0.526. The molecule has 0 saturated heterocycles. The average Bonchev–Trinajstić information content (AvgIpc) is 3.41. The van der Waals surface area contributed by atoms with E-state index in [1.807, 2.05) is 0 Å². The van der Waals surface area contributed by atoms with Crippen molar-refractivity contribution < 1.29 is 10.2 Å². The van der Waals surface area contributed by atoms with Gasteiger partial charge in [-0.1, -0.05) is 114 Å². The van der Waals surface area contributed by atoms with Gasteiger partial charge in [-0.3, -0.25) is 0 Å². The van der Waals surface area contributed by atoms with Crippen LogP contribution in [0.15, 0.2) is 48.5 Å². The molecule has 0 radical (unpaired) electrons. The van der Waals surface area contributed by atoms with E-state index < -0.39 is 11.2 Å². The minimum Gasteiger partial charge on any atom is -0.377 e. The Balaban J connectivity index is 1.40. The van der Waals surface area contributed by atoms with Crippen LogP contribution in [0.2, 0.25) is 0 Å². The van der Waals surface area contributed by atoms with Crippen molar-refractivity contribution in [3.8, 4) is 23.7 Å². The SMILES string of the molecule is CC1(C)[C@@H]2CC[C@@]1(C)[C@@](O)(C#Cc1c3ccccc3c(C#C[C@@]3(O)C[C@H]4CC[C@]3(C)C4(C)C)c3ccccc13)C2. The number of aliphatic hydroxyl groups is 2. The number of fused-ring (bicyclic) bond motifs is 6. The predicted octanol–water partition coefficient (Wildman–Crippen LogP) is 7.85. The summed E-state index contributed by atoms with van der Waals surface area (Å²) in [5, 5.41) is 28.2. The highest BCUT2D eigenvalue weighted by Gasteiger charge is 2.69. The monoisotopic (exact) mass is 530 g/mol. The Hall–Kier alpha value is -2.78. The fourth-order valence-corrected chi connectivity index (χ4v) is 9.66. The van der Waals surface area contributed by atoms with Crippen LogP contribution in [-0.2, 0) is 0 Å². The molecule has 40 heavy (non-hydrogen) atoms. The van der Waals surface area contributed by atoms with Gasteiger partial charge in [-0.25, -0.2) is 0 Å². The molecular weight excluding hydrogens is 488 g/mol. The molecule has 4 aliphatic rings. The van der Waals surface area contributed by atoms with Crippen LogP contribution in [0.4, 0.5) is 0 Å². The predicted molar refractivity (Wildman–Crippen MR) is 164 cm³/mol. The van der Waals surface area contributed by atoms with Gasteiger partial charge in [-0.05, 0) is 82.7 Å². The van der Waals surface area contributed by atoms with Gasteiger partial charge in [0.05, 0.1) is 0 Å². The van der Waals surface area contributed by atoms with Crippen molar-refractivity contribution >= 4 is 21.5 Å². The molecule has 4 fully saturated rings. The van der Waals surface area contributed by atoms with E-state index in [2.05, 4.69) is 114 Å². The lowest BCUT2D eigenvalue weighted by atomic mass is 9.64. The first-order valence-electron chi connectivity index (χ1n) is 15.2. The zero-order valence-corrected chi connectivity index (χ0v) is 24.9. The first-order valence-corrected chi connectivity index (χ1v) is 15.2. The summed E-state index contributed by atoms with van der Waals surface area (Å²) in [5.74, 6) is 15.0. The van der Waals surface area contributed by atoms with Gasteiger partial charge >= 0.3 is 0 Å². The molecule has 7 rings (SSSR count). The third-order valence-electron chi connectivity index (χ3n) is 13.5. The quantitative estimate of drug-likeness (QED) is 0.229. The Morgan fingerprint density at radius 2 is 0.900 bits per heavy atom. The minimum absolute atomic E-state index is 0.0746. The van der Waals surface area contributed by atoms with Crippen molar-refractivity contribution in [2.45, 2.75) is 91.3 Å². The summed E-state index contributed by atoms with van der Waals surface area (Å²) in [6.07, 6.45) is 5.89. The van der Waals surface area contributed by atoms with E-state index in [0.29, 0.717) is 11.8 Å². The van der Waals surface area contributed by atoms with E-state index in [0.717, 1.165) is 58.4 Å². The highest BCUT2D eigenvalue weighted by Crippen LogP contribution is 2.70. The van der Waals surface area contributed by atoms with Gasteiger partial charge in [-0.15, -0.1) is 0 Å². The van der Waals surface area contributed by atoms with E-state index in [-0.39, 0.29) is 21.7 Å². The molecular formula is C38H42O2. The molecule has 3 aromatic carbocycles. The third kappa shape index (κ3) is 3.00. The molecule has 2 heteroatoms. The molecule has 4 bridgehead atoms. The van der Waals surface area contributed by atoms with E-state index in [1.165, 1.54) is 12.8 Å². The molecule has 0 aliphatic heterocycles. The second-order valence-corrected chi connectivity index (χ2v) is 15.0. The van der Waals surface area contributed by atoms with Crippen LogP contribution in [0.5, 0.6) is 0 Å². The molecule has 0 spiro atoms. The maximum atomic E-state index is 12.0. The van der Waals surface area contributed by atoms with Gasteiger partial charge < -0.3 is 10.2 Å². The van der Waals surface area contributed by atoms with Crippen LogP contribution < -0.4 is 0 Å². The first-order chi connectivity index (χ1) is 18.8. The van der Waals surface area contributed by atoms with Gasteiger partial charge in [0, 0.05) is 22.0 Å². The molecule has 3 aromatic rings. The van der Waals surface area contributed by atoms with Gasteiger partial charge in [-0.2, -0.15) is 0 Å². The number of rotatable bonds is 0. The Morgan fingerprint density at radius 1 is 0.575 bits per heavy atom. The molecule has 2 nitrogen and oxygen atoms in total. The van der Waals surface area contributed by atoms with Crippen molar-refractivity contribution in [2.24, 2.45) is 33.5 Å². The Labute approximate surface area is 239 Å². The Bertz CT molecular complexity index is 1520. The zero-order chi connectivity index (χ0) is 28.3. The highest BCUT2D eigenvalue weighted by molar-refractivity contribution is 6.09. The Morgan fingerprint density at radius 3 is 1.15 bits per heavy atom. The summed E-state index contributed by atoms with van der Waals surface area (Å²) in [4.78, 5) is 0. The number of hydrogen-bond acceptors (Lipinski definition) is 2. The lowest BCUT2D eigenvalue weighted by molar-refractivity contribution is -0.0434. The minimum atomic E-state index is -0.993. The van der Waals surface area contributed by atoms with E-state index in [4.69, 9.17) is 0 Å². The highest BCUT2D eigenvalue weighted by atomic mass is 16.3. The van der Waals surface area contributed by atoms with E-state index >= 15 is 0 Å². The van der Waals surface area contributed by atoms with Crippen molar-refractivity contribution in [3.63, 3.8) is 0 Å². The normalized spacial score (nSPS) is 38.3. The molecule has 0 aromatic heterocycles. The molecule has 0 amide bonds. The lowest BCUT2D eigenvalue weighted by Crippen LogP contribution is -2.46. The number of benzene rings is 3. The molecule has 6 atom stereocenters. The van der Waals surface area contributed by atoms with Crippen LogP contribution in [0.1, 0.15) is 91.2 Å². The molecule has 4 aliphatic carbocycles. The van der Waals surface area contributed by atoms with Crippen molar-refractivity contribution in [1.82, 2.24) is 0 Å². The van der Waals surface area contributed by atoms with Crippen LogP contribution in [0, 0.1) is 57.2 Å². The van der Waals surface area contributed by atoms with Gasteiger partial charge in [0.15, 0.2) is 0 Å². The second kappa shape index (κ2) is 7.94. The van der Waals surface area contributed by atoms with Gasteiger partial charge in [0.2, 0.25) is 0 Å². The van der Waals surface area contributed by atoms with Crippen LogP contribution in [0.25, 0.3) is 21.5 Å². The second-order valence-electron chi connectivity index (χ2n) is 15.0. The largest absolute Gasteiger partial charge is 0.377 e. The first kappa shape index (κ1) is 26.1. The standard InChI is InChI=1S/C38H42O2/c1-33(2)25-15-19-35(33,5)37(39,23-25)21-17-31-27-11-7-9-13-29(27)32(30-14-10-8-12-28(30)31)18-22-38(40)24-26-16-20-36(38,6)34(26,3)4/h7-14,25-26,39-40H,15-16,19-20,23-24H2,1-6H3/t25-,26-,35-,36-,37-,38-/m1/s1. The topological polar surface area (TPSA) is 40.5 Å². The molecule has 0 unspecified atom stereocenters. The van der Waals surface area contributed by atoms with E-state index in [9.17, 15) is 10.2 Å². The van der Waals surface area contributed by atoms with Crippen LogP contribution in [0.3, 0.4) is 0 Å². The van der Waals surface area contributed by atoms with Crippen LogP contribution >= 0.6 is 0 Å². The van der Waals surface area contributed by atoms with Gasteiger partial charge in [0.25, 0.3) is 0 Å². The molecule has 4 saturated carbocycles. The summed E-state index contributed by atoms with van der Waals surface area (Å²) in [6, 6.07) is 16.8. The third-order valence-corrected chi connectivity index (χ3v) is 13.5. The van der Waals surface area contributed by atoms with Crippen LogP contribution in [-0.4, -0.2) is 21.4 Å². The molecule has 0 heterocycles. The smallest absolute Gasteiger partial charge is 0.131 e. The summed E-state index contributed by atoms with van der Waals surface area (Å²) >= 11 is 0. The maximum absolute atomic E-state index is 12.0. The maximum Gasteiger partial charge on any atom is 0.131 e. The molecule has 2 N–H and O–H groups in total. The van der Waals surface area contributed by atoms with Crippen molar-refractivity contribution in [1.29, 1.82) is 0 Å². The fourth-order valence-electron chi connectivity index (χ4n) is 9.66. The summed E-state index contributed by atoms with van der Waals surface area (Å²) < 4.78 is 0. The Kier molecular flexibility index (Phi) is 5.19. The lowest BCUT2D eigenvalue weighted by Gasteiger charge is -2.42. The molecule has 206 valence electrons.